The van der Waals surface area contributed by atoms with Crippen molar-refractivity contribution in [2.45, 2.75) is 4.90 Å². The van der Waals surface area contributed by atoms with Crippen LogP contribution in [0.3, 0.4) is 0 Å². The minimum atomic E-state index is -1.12. The van der Waals surface area contributed by atoms with Crippen LogP contribution in [0.25, 0.3) is 10.9 Å². The fourth-order valence-electron chi connectivity index (χ4n) is 2.44. The van der Waals surface area contributed by atoms with Gasteiger partial charge in [-0.3, -0.25) is 5.41 Å². The third-order valence-electron chi connectivity index (χ3n) is 3.62. The van der Waals surface area contributed by atoms with Crippen molar-refractivity contribution < 1.29 is 17.9 Å². The average Bonchev–Trinajstić information content (AvgIpc) is 3.10. The Morgan fingerprint density at radius 3 is 2.56 bits per heavy atom. The lowest BCUT2D eigenvalue weighted by atomic mass is 10.2. The van der Waals surface area contributed by atoms with Gasteiger partial charge in [0.15, 0.2) is 11.6 Å². The third kappa shape index (κ3) is 3.11. The molecule has 0 aliphatic carbocycles. The molecule has 0 radical (unpaired) electrons. The van der Waals surface area contributed by atoms with Crippen LogP contribution in [0.2, 0.25) is 0 Å². The molecule has 0 fully saturated rings. The summed E-state index contributed by atoms with van der Waals surface area (Å²) in [6.07, 6.45) is 4.90. The molecule has 8 heteroatoms. The number of aromatic amines is 1. The molecule has 3 nitrogen and oxygen atoms in total. The summed E-state index contributed by atoms with van der Waals surface area (Å²) in [5.74, 6) is -2.87. The van der Waals surface area contributed by atoms with Gasteiger partial charge in [-0.1, -0.05) is 0 Å². The molecular formula is C17H13F3N2OS2. The summed E-state index contributed by atoms with van der Waals surface area (Å²) in [6, 6.07) is 5.39. The Morgan fingerprint density at radius 1 is 1.12 bits per heavy atom. The number of rotatable bonds is 4. The largest absolute Gasteiger partial charge is 0.453 e. The van der Waals surface area contributed by atoms with Crippen LogP contribution in [0.1, 0.15) is 5.56 Å². The molecule has 3 aromatic rings. The molecule has 2 N–H and O–H groups in total. The van der Waals surface area contributed by atoms with E-state index in [2.05, 4.69) is 4.98 Å². The number of aromatic nitrogens is 1. The van der Waals surface area contributed by atoms with E-state index < -0.39 is 17.5 Å². The lowest BCUT2D eigenvalue weighted by Crippen LogP contribution is -2.00. The zero-order chi connectivity index (χ0) is 18.1. The molecule has 0 aliphatic rings. The second-order valence-electron chi connectivity index (χ2n) is 5.03. The van der Waals surface area contributed by atoms with Gasteiger partial charge in [0, 0.05) is 17.1 Å². The van der Waals surface area contributed by atoms with Crippen LogP contribution in [0.4, 0.5) is 13.2 Å². The first-order valence-electron chi connectivity index (χ1n) is 7.10. The van der Waals surface area contributed by atoms with Crippen LogP contribution in [0, 0.1) is 22.9 Å². The standard InChI is InChI=1S/C17H13F3N2OS2/c1-24-16-9-5-6-22-14(9)12(19)13(20)15(16)23-8-3-4-11(18)10(7-8)17(21)25-2/h3-7,21-22H,1-2H3. The molecule has 0 saturated heterocycles. The number of halogens is 3. The Balaban J connectivity index is 2.12. The van der Waals surface area contributed by atoms with E-state index in [4.69, 9.17) is 10.1 Å². The number of ether oxygens (including phenoxy) is 1. The Bertz CT molecular complexity index is 972. The highest BCUT2D eigenvalue weighted by Gasteiger charge is 2.22. The monoisotopic (exact) mass is 382 g/mol. The maximum atomic E-state index is 14.5. The third-order valence-corrected chi connectivity index (χ3v) is 5.06. The molecule has 3 rings (SSSR count). The van der Waals surface area contributed by atoms with Gasteiger partial charge in [-0.2, -0.15) is 4.39 Å². The van der Waals surface area contributed by atoms with E-state index in [9.17, 15) is 13.2 Å². The summed E-state index contributed by atoms with van der Waals surface area (Å²) in [7, 11) is 0. The molecule has 25 heavy (non-hydrogen) atoms. The molecule has 130 valence electrons. The van der Waals surface area contributed by atoms with Gasteiger partial charge in [-0.25, -0.2) is 8.78 Å². The van der Waals surface area contributed by atoms with Crippen LogP contribution in [-0.4, -0.2) is 22.5 Å². The second kappa shape index (κ2) is 7.05. The quantitative estimate of drug-likeness (QED) is 0.341. The van der Waals surface area contributed by atoms with Crippen LogP contribution in [0.5, 0.6) is 11.5 Å². The van der Waals surface area contributed by atoms with E-state index in [0.717, 1.165) is 17.8 Å². The van der Waals surface area contributed by atoms with Crippen LogP contribution < -0.4 is 4.74 Å². The van der Waals surface area contributed by atoms with Crippen LogP contribution >= 0.6 is 23.5 Å². The minimum absolute atomic E-state index is 0.0146. The molecule has 0 bridgehead atoms. The van der Waals surface area contributed by atoms with E-state index in [1.165, 1.54) is 30.1 Å². The predicted molar refractivity (Wildman–Crippen MR) is 96.8 cm³/mol. The maximum Gasteiger partial charge on any atom is 0.204 e. The molecule has 0 saturated carbocycles. The Hall–Kier alpha value is -2.06. The van der Waals surface area contributed by atoms with Crippen molar-refractivity contribution in [3.63, 3.8) is 0 Å². The number of hydrogen-bond donors (Lipinski definition) is 2. The molecular weight excluding hydrogens is 369 g/mol. The van der Waals surface area contributed by atoms with Crippen molar-refractivity contribution in [2.75, 3.05) is 12.5 Å². The lowest BCUT2D eigenvalue weighted by molar-refractivity contribution is 0.409. The summed E-state index contributed by atoms with van der Waals surface area (Å²) in [5.41, 5.74) is 0.109. The number of H-pyrrole nitrogens is 1. The van der Waals surface area contributed by atoms with Gasteiger partial charge in [-0.15, -0.1) is 23.5 Å². The number of hydrogen-bond acceptors (Lipinski definition) is 4. The topological polar surface area (TPSA) is 48.9 Å². The highest BCUT2D eigenvalue weighted by Crippen LogP contribution is 2.41. The van der Waals surface area contributed by atoms with Crippen molar-refractivity contribution in [3.05, 3.63) is 53.5 Å². The van der Waals surface area contributed by atoms with Crippen molar-refractivity contribution >= 4 is 39.5 Å². The first kappa shape index (κ1) is 17.8. The van der Waals surface area contributed by atoms with Crippen molar-refractivity contribution in [1.82, 2.24) is 4.98 Å². The molecule has 0 amide bonds. The van der Waals surface area contributed by atoms with Crippen molar-refractivity contribution in [1.29, 1.82) is 5.41 Å². The van der Waals surface area contributed by atoms with Crippen LogP contribution in [0.15, 0.2) is 35.4 Å². The first-order chi connectivity index (χ1) is 12.0. The molecule has 2 aromatic carbocycles. The predicted octanol–water partition coefficient (Wildman–Crippen LogP) is 5.79. The van der Waals surface area contributed by atoms with E-state index in [-0.39, 0.29) is 27.6 Å². The van der Waals surface area contributed by atoms with E-state index in [1.807, 2.05) is 0 Å². The van der Waals surface area contributed by atoms with Crippen molar-refractivity contribution in [2.24, 2.45) is 0 Å². The summed E-state index contributed by atoms with van der Waals surface area (Å²) < 4.78 is 48.1. The van der Waals surface area contributed by atoms with Gasteiger partial charge >= 0.3 is 0 Å². The number of nitrogens with one attached hydrogen (secondary N) is 2. The normalized spacial score (nSPS) is 11.1. The van der Waals surface area contributed by atoms with Crippen molar-refractivity contribution in [3.8, 4) is 11.5 Å². The Kier molecular flexibility index (Phi) is 5.01. The Morgan fingerprint density at radius 2 is 1.88 bits per heavy atom. The fraction of sp³-hybridized carbons (Fsp3) is 0.118. The smallest absolute Gasteiger partial charge is 0.204 e. The minimum Gasteiger partial charge on any atom is -0.453 e. The summed E-state index contributed by atoms with van der Waals surface area (Å²) in [4.78, 5) is 3.10. The Labute approximate surface area is 150 Å². The van der Waals surface area contributed by atoms with Gasteiger partial charge in [0.2, 0.25) is 5.82 Å². The van der Waals surface area contributed by atoms with Gasteiger partial charge in [0.25, 0.3) is 0 Å². The summed E-state index contributed by atoms with van der Waals surface area (Å²) >= 11 is 2.29. The molecule has 0 unspecified atom stereocenters. The zero-order valence-electron chi connectivity index (χ0n) is 13.2. The molecule has 0 aliphatic heterocycles. The maximum absolute atomic E-state index is 14.5. The number of thioether (sulfide) groups is 2. The molecule has 1 aromatic heterocycles. The zero-order valence-corrected chi connectivity index (χ0v) is 14.9. The lowest BCUT2D eigenvalue weighted by Gasteiger charge is -2.14. The average molecular weight is 382 g/mol. The van der Waals surface area contributed by atoms with Gasteiger partial charge in [-0.05, 0) is 36.8 Å². The first-order valence-corrected chi connectivity index (χ1v) is 9.55. The SMILES string of the molecule is CSC(=N)c1cc(Oc2c(F)c(F)c3[nH]ccc3c2SC)ccc1F. The highest BCUT2D eigenvalue weighted by atomic mass is 32.2. The summed E-state index contributed by atoms with van der Waals surface area (Å²) in [6.45, 7) is 0. The molecule has 0 spiro atoms. The second-order valence-corrected chi connectivity index (χ2v) is 6.67. The number of fused-ring (bicyclic) bond motifs is 1. The highest BCUT2D eigenvalue weighted by molar-refractivity contribution is 8.13. The van der Waals surface area contributed by atoms with Gasteiger partial charge in [0.1, 0.15) is 11.6 Å². The molecule has 0 atom stereocenters. The van der Waals surface area contributed by atoms with E-state index in [0.29, 0.717) is 10.3 Å². The molecule has 1 heterocycles. The van der Waals surface area contributed by atoms with Gasteiger partial charge < -0.3 is 9.72 Å². The van der Waals surface area contributed by atoms with E-state index >= 15 is 0 Å². The van der Waals surface area contributed by atoms with E-state index in [1.54, 1.807) is 18.6 Å². The fourth-order valence-corrected chi connectivity index (χ4v) is 3.52. The van der Waals surface area contributed by atoms with Crippen LogP contribution in [-0.2, 0) is 0 Å². The van der Waals surface area contributed by atoms with Gasteiger partial charge in [0.05, 0.1) is 15.5 Å². The number of benzene rings is 2. The summed E-state index contributed by atoms with van der Waals surface area (Å²) in [5, 5.41) is 8.28.